The quantitative estimate of drug-likeness (QED) is 0.736. The van der Waals surface area contributed by atoms with Crippen LogP contribution in [0, 0.1) is 20.8 Å². The van der Waals surface area contributed by atoms with E-state index in [2.05, 4.69) is 45.5 Å². The second-order valence-electron chi connectivity index (χ2n) is 3.84. The summed E-state index contributed by atoms with van der Waals surface area (Å²) < 4.78 is 0. The zero-order valence-electron chi connectivity index (χ0n) is 9.17. The van der Waals surface area contributed by atoms with E-state index in [1.54, 1.807) is 0 Å². The van der Waals surface area contributed by atoms with E-state index in [9.17, 15) is 0 Å². The van der Waals surface area contributed by atoms with Crippen molar-refractivity contribution in [2.45, 2.75) is 33.2 Å². The van der Waals surface area contributed by atoms with Crippen LogP contribution in [-0.4, -0.2) is 5.75 Å². The average molecular weight is 209 g/mol. The molecule has 0 amide bonds. The summed E-state index contributed by atoms with van der Waals surface area (Å²) in [4.78, 5) is 0. The maximum Gasteiger partial charge on any atom is 0.0305 e. The summed E-state index contributed by atoms with van der Waals surface area (Å²) in [6, 6.07) is 4.42. The van der Waals surface area contributed by atoms with E-state index in [0.717, 1.165) is 12.2 Å². The average Bonchev–Trinajstić information content (AvgIpc) is 2.15. The van der Waals surface area contributed by atoms with Gasteiger partial charge in [0, 0.05) is 6.04 Å². The minimum absolute atomic E-state index is 0.131. The Morgan fingerprint density at radius 1 is 1.21 bits per heavy atom. The molecular formula is C12H19NS. The van der Waals surface area contributed by atoms with Crippen molar-refractivity contribution in [1.82, 2.24) is 0 Å². The summed E-state index contributed by atoms with van der Waals surface area (Å²) in [7, 11) is 0. The van der Waals surface area contributed by atoms with Gasteiger partial charge in [-0.15, -0.1) is 0 Å². The molecule has 2 N–H and O–H groups in total. The smallest absolute Gasteiger partial charge is 0.0305 e. The first-order chi connectivity index (χ1) is 6.57. The van der Waals surface area contributed by atoms with Crippen LogP contribution in [0.5, 0.6) is 0 Å². The molecule has 14 heavy (non-hydrogen) atoms. The highest BCUT2D eigenvalue weighted by Crippen LogP contribution is 2.23. The lowest BCUT2D eigenvalue weighted by Gasteiger charge is -2.16. The van der Waals surface area contributed by atoms with Crippen LogP contribution in [0.2, 0.25) is 0 Å². The van der Waals surface area contributed by atoms with E-state index >= 15 is 0 Å². The van der Waals surface area contributed by atoms with Crippen molar-refractivity contribution in [3.63, 3.8) is 0 Å². The summed E-state index contributed by atoms with van der Waals surface area (Å²) in [5.41, 5.74) is 11.4. The molecule has 78 valence electrons. The lowest BCUT2D eigenvalue weighted by Crippen LogP contribution is -2.13. The van der Waals surface area contributed by atoms with E-state index < -0.39 is 0 Å². The fraction of sp³-hybridized carbons (Fsp3) is 0.500. The topological polar surface area (TPSA) is 26.0 Å². The molecule has 2 heteroatoms. The van der Waals surface area contributed by atoms with Crippen LogP contribution >= 0.6 is 12.6 Å². The van der Waals surface area contributed by atoms with Crippen LogP contribution in [0.25, 0.3) is 0 Å². The van der Waals surface area contributed by atoms with Gasteiger partial charge in [-0.05, 0) is 55.2 Å². The molecule has 1 unspecified atom stereocenters. The van der Waals surface area contributed by atoms with Crippen molar-refractivity contribution in [1.29, 1.82) is 0 Å². The van der Waals surface area contributed by atoms with Crippen LogP contribution < -0.4 is 5.73 Å². The van der Waals surface area contributed by atoms with Crippen molar-refractivity contribution in [2.75, 3.05) is 5.75 Å². The lowest BCUT2D eigenvalue weighted by molar-refractivity contribution is 0.700. The summed E-state index contributed by atoms with van der Waals surface area (Å²) in [6.45, 7) is 6.44. The predicted octanol–water partition coefficient (Wildman–Crippen LogP) is 2.93. The van der Waals surface area contributed by atoms with Gasteiger partial charge in [0.2, 0.25) is 0 Å². The fourth-order valence-corrected chi connectivity index (χ4v) is 1.95. The summed E-state index contributed by atoms with van der Waals surface area (Å²) in [5.74, 6) is 0.841. The summed E-state index contributed by atoms with van der Waals surface area (Å²) in [5, 5.41) is 0. The minimum Gasteiger partial charge on any atom is -0.324 e. The molecule has 0 aliphatic carbocycles. The Bertz CT molecular complexity index is 320. The van der Waals surface area contributed by atoms with Gasteiger partial charge in [0.1, 0.15) is 0 Å². The van der Waals surface area contributed by atoms with Gasteiger partial charge < -0.3 is 5.73 Å². The SMILES string of the molecule is Cc1ccc(C(N)CCS)c(C)c1C. The molecule has 1 atom stereocenters. The zero-order valence-corrected chi connectivity index (χ0v) is 10.1. The first kappa shape index (κ1) is 11.6. The van der Waals surface area contributed by atoms with Crippen LogP contribution in [0.3, 0.4) is 0 Å². The molecule has 0 saturated heterocycles. The Hall–Kier alpha value is -0.470. The normalized spacial score (nSPS) is 12.9. The van der Waals surface area contributed by atoms with E-state index in [4.69, 9.17) is 5.73 Å². The monoisotopic (exact) mass is 209 g/mol. The molecule has 0 bridgehead atoms. The highest BCUT2D eigenvalue weighted by Gasteiger charge is 2.10. The van der Waals surface area contributed by atoms with Crippen LogP contribution in [-0.2, 0) is 0 Å². The third-order valence-corrected chi connectivity index (χ3v) is 3.20. The lowest BCUT2D eigenvalue weighted by atomic mass is 9.94. The molecule has 1 aromatic carbocycles. The van der Waals surface area contributed by atoms with Gasteiger partial charge in [-0.3, -0.25) is 0 Å². The molecule has 0 heterocycles. The molecule has 1 aromatic rings. The number of rotatable bonds is 3. The number of thiol groups is 1. The number of hydrogen-bond donors (Lipinski definition) is 2. The molecule has 0 aliphatic rings. The van der Waals surface area contributed by atoms with Crippen molar-refractivity contribution in [3.8, 4) is 0 Å². The first-order valence-electron chi connectivity index (χ1n) is 5.01. The molecule has 0 aliphatic heterocycles. The van der Waals surface area contributed by atoms with E-state index in [0.29, 0.717) is 0 Å². The molecule has 1 nitrogen and oxygen atoms in total. The Kier molecular flexibility index (Phi) is 4.02. The highest BCUT2D eigenvalue weighted by atomic mass is 32.1. The maximum atomic E-state index is 6.08. The van der Waals surface area contributed by atoms with E-state index in [-0.39, 0.29) is 6.04 Å². The zero-order chi connectivity index (χ0) is 10.7. The molecule has 0 saturated carbocycles. The predicted molar refractivity (Wildman–Crippen MR) is 66.1 cm³/mol. The van der Waals surface area contributed by atoms with Crippen molar-refractivity contribution < 1.29 is 0 Å². The first-order valence-corrected chi connectivity index (χ1v) is 5.64. The second kappa shape index (κ2) is 4.85. The van der Waals surface area contributed by atoms with Gasteiger partial charge in [0.15, 0.2) is 0 Å². The van der Waals surface area contributed by atoms with Gasteiger partial charge in [0.05, 0.1) is 0 Å². The van der Waals surface area contributed by atoms with E-state index in [1.807, 2.05) is 0 Å². The van der Waals surface area contributed by atoms with Gasteiger partial charge >= 0.3 is 0 Å². The number of benzene rings is 1. The van der Waals surface area contributed by atoms with Crippen molar-refractivity contribution >= 4 is 12.6 Å². The number of aryl methyl sites for hydroxylation is 1. The van der Waals surface area contributed by atoms with Crippen molar-refractivity contribution in [3.05, 3.63) is 34.4 Å². The Morgan fingerprint density at radius 3 is 2.43 bits per heavy atom. The van der Waals surface area contributed by atoms with Gasteiger partial charge in [0.25, 0.3) is 0 Å². The second-order valence-corrected chi connectivity index (χ2v) is 4.29. The molecule has 0 fully saturated rings. The number of hydrogen-bond acceptors (Lipinski definition) is 2. The molecular weight excluding hydrogens is 190 g/mol. The van der Waals surface area contributed by atoms with Gasteiger partial charge in [-0.25, -0.2) is 0 Å². The van der Waals surface area contributed by atoms with E-state index in [1.165, 1.54) is 22.3 Å². The third-order valence-electron chi connectivity index (χ3n) is 2.94. The Labute approximate surface area is 92.1 Å². The van der Waals surface area contributed by atoms with Crippen LogP contribution in [0.1, 0.15) is 34.7 Å². The fourth-order valence-electron chi connectivity index (χ4n) is 1.67. The third kappa shape index (κ3) is 2.31. The summed E-state index contributed by atoms with van der Waals surface area (Å²) >= 11 is 4.21. The van der Waals surface area contributed by atoms with Crippen LogP contribution in [0.15, 0.2) is 12.1 Å². The van der Waals surface area contributed by atoms with Gasteiger partial charge in [-0.2, -0.15) is 12.6 Å². The molecule has 0 aromatic heterocycles. The molecule has 0 spiro atoms. The summed E-state index contributed by atoms with van der Waals surface area (Å²) in [6.07, 6.45) is 0.937. The van der Waals surface area contributed by atoms with Crippen LogP contribution in [0.4, 0.5) is 0 Å². The minimum atomic E-state index is 0.131. The standard InChI is InChI=1S/C12H19NS/c1-8-4-5-11(10(3)9(8)2)12(13)6-7-14/h4-5,12,14H,6-7,13H2,1-3H3. The molecule has 0 radical (unpaired) electrons. The Balaban J connectivity index is 3.04. The number of nitrogens with two attached hydrogens (primary N) is 1. The molecule has 1 rings (SSSR count). The highest BCUT2D eigenvalue weighted by molar-refractivity contribution is 7.80. The Morgan fingerprint density at radius 2 is 1.86 bits per heavy atom. The largest absolute Gasteiger partial charge is 0.324 e. The van der Waals surface area contributed by atoms with Crippen molar-refractivity contribution in [2.24, 2.45) is 5.73 Å². The maximum absolute atomic E-state index is 6.08. The van der Waals surface area contributed by atoms with Gasteiger partial charge in [-0.1, -0.05) is 12.1 Å².